The zero-order chi connectivity index (χ0) is 26.3. The molecule has 0 saturated carbocycles. The van der Waals surface area contributed by atoms with E-state index in [1.807, 2.05) is 0 Å². The fraction of sp³-hybridized carbons (Fsp3) is 0.273. The van der Waals surface area contributed by atoms with Gasteiger partial charge in [-0.2, -0.15) is 4.98 Å². The van der Waals surface area contributed by atoms with Gasteiger partial charge >= 0.3 is 6.01 Å². The zero-order valence-electron chi connectivity index (χ0n) is 19.6. The van der Waals surface area contributed by atoms with E-state index in [4.69, 9.17) is 19.7 Å². The van der Waals surface area contributed by atoms with Gasteiger partial charge in [0.05, 0.1) is 20.3 Å². The van der Waals surface area contributed by atoms with Crippen LogP contribution in [0, 0.1) is 5.82 Å². The minimum atomic E-state index is -1.95. The van der Waals surface area contributed by atoms with Crippen molar-refractivity contribution in [2.24, 2.45) is 0 Å². The molecular weight excluding hydrogens is 491 g/mol. The number of amides is 2. The van der Waals surface area contributed by atoms with E-state index in [1.54, 1.807) is 18.3 Å². The SMILES string of the molecule is COc1nccc(-n2ccc(N3CCO[C@](C)([C@@H](O)C(=O)Nc4cc(F)c5c(N)noc5c4)C3=O)n2)n1. The second kappa shape index (κ2) is 9.11. The van der Waals surface area contributed by atoms with Crippen molar-refractivity contribution in [2.75, 3.05) is 36.2 Å². The van der Waals surface area contributed by atoms with Gasteiger partial charge in [0.1, 0.15) is 11.2 Å². The third-order valence-corrected chi connectivity index (χ3v) is 5.86. The molecule has 1 aliphatic rings. The molecule has 37 heavy (non-hydrogen) atoms. The first kappa shape index (κ1) is 24.1. The number of benzene rings is 1. The summed E-state index contributed by atoms with van der Waals surface area (Å²) in [6.07, 6.45) is 1.13. The maximum absolute atomic E-state index is 14.4. The van der Waals surface area contributed by atoms with Gasteiger partial charge in [0.2, 0.25) is 0 Å². The van der Waals surface area contributed by atoms with Gasteiger partial charge in [-0.15, -0.1) is 5.10 Å². The number of halogens is 1. The molecule has 0 unspecified atom stereocenters. The fourth-order valence-electron chi connectivity index (χ4n) is 3.92. The van der Waals surface area contributed by atoms with Gasteiger partial charge in [0.15, 0.2) is 34.7 Å². The standard InChI is InChI=1S/C22H21FN8O6/c1-22(17(32)19(33)26-11-9-12(23)16-13(10-11)37-29-18(16)24)20(34)30(7-8-36-22)15-4-6-31(28-15)14-3-5-25-21(27-14)35-2/h3-6,9-10,17,32H,7-8H2,1-2H3,(H2,24,29)(H,26,33)/t17-,22+/m0/s1. The maximum atomic E-state index is 14.4. The Hall–Kier alpha value is -4.63. The summed E-state index contributed by atoms with van der Waals surface area (Å²) < 4.78 is 31.3. The number of fused-ring (bicyclic) bond motifs is 1. The van der Waals surface area contributed by atoms with Gasteiger partial charge in [0, 0.05) is 36.3 Å². The lowest BCUT2D eigenvalue weighted by molar-refractivity contribution is -0.170. The van der Waals surface area contributed by atoms with Gasteiger partial charge < -0.3 is 30.2 Å². The Labute approximate surface area is 207 Å². The monoisotopic (exact) mass is 512 g/mol. The number of nitrogens with one attached hydrogen (secondary N) is 1. The van der Waals surface area contributed by atoms with Crippen molar-refractivity contribution in [2.45, 2.75) is 18.6 Å². The molecule has 1 aliphatic heterocycles. The highest BCUT2D eigenvalue weighted by molar-refractivity contribution is 6.06. The molecule has 4 N–H and O–H groups in total. The van der Waals surface area contributed by atoms with E-state index in [0.29, 0.717) is 5.82 Å². The fourth-order valence-corrected chi connectivity index (χ4v) is 3.92. The van der Waals surface area contributed by atoms with Gasteiger partial charge in [0.25, 0.3) is 11.8 Å². The first-order chi connectivity index (χ1) is 17.7. The number of nitrogen functional groups attached to an aromatic ring is 1. The molecule has 0 radical (unpaired) electrons. The number of carbonyl (C=O) groups excluding carboxylic acids is 2. The Morgan fingerprint density at radius 3 is 2.95 bits per heavy atom. The number of hydrogen-bond donors (Lipinski definition) is 3. The second-order valence-electron chi connectivity index (χ2n) is 8.22. The average Bonchev–Trinajstić information content (AvgIpc) is 3.52. The number of morpholine rings is 1. The van der Waals surface area contributed by atoms with Crippen molar-refractivity contribution < 1.29 is 33.1 Å². The second-order valence-corrected chi connectivity index (χ2v) is 8.22. The molecule has 0 spiro atoms. The number of ether oxygens (including phenoxy) is 2. The average molecular weight is 512 g/mol. The van der Waals surface area contributed by atoms with Gasteiger partial charge in [-0.3, -0.25) is 14.5 Å². The molecule has 0 bridgehead atoms. The summed E-state index contributed by atoms with van der Waals surface area (Å²) >= 11 is 0. The molecule has 2 atom stereocenters. The Balaban J connectivity index is 1.35. The lowest BCUT2D eigenvalue weighted by atomic mass is 9.94. The van der Waals surface area contributed by atoms with Crippen LogP contribution in [0.15, 0.2) is 41.2 Å². The Bertz CT molecular complexity index is 1510. The molecular formula is C22H21FN8O6. The van der Waals surface area contributed by atoms with Crippen molar-refractivity contribution in [1.29, 1.82) is 0 Å². The Morgan fingerprint density at radius 1 is 1.35 bits per heavy atom. The number of aliphatic hydroxyl groups excluding tert-OH is 1. The van der Waals surface area contributed by atoms with E-state index in [9.17, 15) is 19.1 Å². The van der Waals surface area contributed by atoms with Crippen molar-refractivity contribution in [3.8, 4) is 11.8 Å². The lowest BCUT2D eigenvalue weighted by Gasteiger charge is -2.40. The summed E-state index contributed by atoms with van der Waals surface area (Å²) in [6, 6.07) is 5.61. The largest absolute Gasteiger partial charge is 0.467 e. The van der Waals surface area contributed by atoms with Crippen LogP contribution >= 0.6 is 0 Å². The van der Waals surface area contributed by atoms with Crippen LogP contribution in [0.4, 0.5) is 21.7 Å². The molecule has 1 fully saturated rings. The minimum absolute atomic E-state index is 0.00145. The van der Waals surface area contributed by atoms with Crippen LogP contribution < -0.4 is 20.7 Å². The number of aromatic nitrogens is 5. The zero-order valence-corrected chi connectivity index (χ0v) is 19.6. The van der Waals surface area contributed by atoms with Crippen molar-refractivity contribution in [3.05, 3.63) is 42.5 Å². The molecule has 14 nitrogen and oxygen atoms in total. The molecule has 2 amide bonds. The molecule has 3 aromatic heterocycles. The third-order valence-electron chi connectivity index (χ3n) is 5.86. The number of aliphatic hydroxyl groups is 1. The predicted molar refractivity (Wildman–Crippen MR) is 125 cm³/mol. The number of rotatable bonds is 6. The van der Waals surface area contributed by atoms with Crippen LogP contribution in [0.2, 0.25) is 0 Å². The van der Waals surface area contributed by atoms with E-state index >= 15 is 0 Å². The molecule has 4 heterocycles. The number of hydrogen-bond acceptors (Lipinski definition) is 11. The van der Waals surface area contributed by atoms with Crippen molar-refractivity contribution in [1.82, 2.24) is 24.9 Å². The molecule has 15 heteroatoms. The molecule has 4 aromatic rings. The summed E-state index contributed by atoms with van der Waals surface area (Å²) in [5.74, 6) is -1.96. The molecule has 1 saturated heterocycles. The molecule has 192 valence electrons. The molecule has 5 rings (SSSR count). The summed E-state index contributed by atoms with van der Waals surface area (Å²) in [6.45, 7) is 1.43. The maximum Gasteiger partial charge on any atom is 0.318 e. The van der Waals surface area contributed by atoms with Gasteiger partial charge in [-0.05, 0) is 13.0 Å². The van der Waals surface area contributed by atoms with Gasteiger partial charge in [-0.1, -0.05) is 5.16 Å². The van der Waals surface area contributed by atoms with Gasteiger partial charge in [-0.25, -0.2) is 14.1 Å². The highest BCUT2D eigenvalue weighted by Gasteiger charge is 2.51. The lowest BCUT2D eigenvalue weighted by Crippen LogP contribution is -2.63. The van der Waals surface area contributed by atoms with Crippen LogP contribution in [0.3, 0.4) is 0 Å². The topological polar surface area (TPSA) is 184 Å². The minimum Gasteiger partial charge on any atom is -0.467 e. The van der Waals surface area contributed by atoms with E-state index in [0.717, 1.165) is 6.07 Å². The Kier molecular flexibility index (Phi) is 5.93. The van der Waals surface area contributed by atoms with E-state index in [2.05, 4.69) is 25.5 Å². The van der Waals surface area contributed by atoms with Crippen LogP contribution in [0.25, 0.3) is 16.8 Å². The van der Waals surface area contributed by atoms with E-state index in [-0.39, 0.29) is 47.5 Å². The van der Waals surface area contributed by atoms with Crippen molar-refractivity contribution in [3.63, 3.8) is 0 Å². The first-order valence-electron chi connectivity index (χ1n) is 10.9. The number of nitrogens with two attached hydrogens (primary N) is 1. The quantitative estimate of drug-likeness (QED) is 0.330. The van der Waals surface area contributed by atoms with Crippen molar-refractivity contribution >= 4 is 40.1 Å². The smallest absolute Gasteiger partial charge is 0.318 e. The van der Waals surface area contributed by atoms with Crippen LogP contribution in [0.1, 0.15) is 6.92 Å². The van der Waals surface area contributed by atoms with E-state index in [1.165, 1.54) is 35.9 Å². The summed E-state index contributed by atoms with van der Waals surface area (Å²) in [7, 11) is 1.43. The molecule has 0 aliphatic carbocycles. The number of nitrogens with zero attached hydrogens (tertiary/aromatic N) is 6. The highest BCUT2D eigenvalue weighted by Crippen LogP contribution is 2.30. The van der Waals surface area contributed by atoms with Crippen LogP contribution in [0.5, 0.6) is 6.01 Å². The number of carbonyl (C=O) groups is 2. The highest BCUT2D eigenvalue weighted by atomic mass is 19.1. The van der Waals surface area contributed by atoms with Crippen LogP contribution in [-0.4, -0.2) is 73.8 Å². The molecule has 1 aromatic carbocycles. The summed E-state index contributed by atoms with van der Waals surface area (Å²) in [4.78, 5) is 35.7. The Morgan fingerprint density at radius 2 is 2.16 bits per heavy atom. The van der Waals surface area contributed by atoms with Crippen LogP contribution in [-0.2, 0) is 14.3 Å². The summed E-state index contributed by atoms with van der Waals surface area (Å²) in [5.41, 5.74) is 3.58. The first-order valence-corrected chi connectivity index (χ1v) is 10.9. The predicted octanol–water partition coefficient (Wildman–Crippen LogP) is 0.655. The normalized spacial score (nSPS) is 18.7. The van der Waals surface area contributed by atoms with E-state index < -0.39 is 29.3 Å². The third kappa shape index (κ3) is 4.19. The summed E-state index contributed by atoms with van der Waals surface area (Å²) in [5, 5.41) is 21.0. The number of methoxy groups -OCH3 is 1. The number of anilines is 3.